The van der Waals surface area contributed by atoms with Crippen LogP contribution in [0, 0.1) is 0 Å². The van der Waals surface area contributed by atoms with Crippen LogP contribution in [-0.2, 0) is 26.0 Å². The molecule has 28 heavy (non-hydrogen) atoms. The Balaban J connectivity index is 1.64. The Hall–Kier alpha value is -3.24. The van der Waals surface area contributed by atoms with Crippen LogP contribution < -0.4 is 20.8 Å². The lowest BCUT2D eigenvalue weighted by molar-refractivity contribution is -0.116. The van der Waals surface area contributed by atoms with Gasteiger partial charge in [-0.1, -0.05) is 0 Å². The molecule has 4 N–H and O–H groups in total. The Morgan fingerprint density at radius 3 is 2.61 bits per heavy atom. The minimum Gasteiger partial charge on any atom is -0.320 e. The maximum Gasteiger partial charge on any atom is 0.276 e. The summed E-state index contributed by atoms with van der Waals surface area (Å²) in [6.07, 6.45) is 0.735. The second kappa shape index (κ2) is 6.43. The number of rotatable bonds is 3. The van der Waals surface area contributed by atoms with Crippen molar-refractivity contribution in [3.8, 4) is 0 Å². The number of benzene rings is 2. The fourth-order valence-corrected chi connectivity index (χ4v) is 3.83. The van der Waals surface area contributed by atoms with Crippen LogP contribution in [0.3, 0.4) is 0 Å². The maximum atomic E-state index is 12.3. The second-order valence-electron chi connectivity index (χ2n) is 6.54. The van der Waals surface area contributed by atoms with E-state index in [1.54, 1.807) is 11.0 Å². The number of nitrogens with zero attached hydrogens (tertiary/aromatic N) is 2. The Bertz CT molecular complexity index is 1140. The van der Waals surface area contributed by atoms with Gasteiger partial charge in [-0.25, -0.2) is 13.6 Å². The molecule has 9 nitrogen and oxygen atoms in total. The van der Waals surface area contributed by atoms with Gasteiger partial charge in [0.05, 0.1) is 16.3 Å². The third kappa shape index (κ3) is 3.12. The molecule has 0 atom stereocenters. The van der Waals surface area contributed by atoms with Crippen LogP contribution >= 0.6 is 0 Å². The SMILES string of the molecule is CC(=O)N1CCc2cc3c(cc21)/C(=N/Nc1ccc(S(N)(=O)=O)cc1)C(=O)N3. The molecule has 0 spiro atoms. The first kappa shape index (κ1) is 18.1. The number of carbonyl (C=O) groups excluding carboxylic acids is 2. The van der Waals surface area contributed by atoms with E-state index in [1.807, 2.05) is 6.07 Å². The molecule has 0 saturated carbocycles. The lowest BCUT2D eigenvalue weighted by Gasteiger charge is -2.15. The van der Waals surface area contributed by atoms with Crippen molar-refractivity contribution >= 4 is 44.6 Å². The van der Waals surface area contributed by atoms with Crippen LogP contribution in [0.4, 0.5) is 17.1 Å². The summed E-state index contributed by atoms with van der Waals surface area (Å²) in [5.74, 6) is -0.413. The highest BCUT2D eigenvalue weighted by molar-refractivity contribution is 7.89. The van der Waals surface area contributed by atoms with Crippen molar-refractivity contribution in [2.45, 2.75) is 18.2 Å². The van der Waals surface area contributed by atoms with Crippen LogP contribution in [0.1, 0.15) is 18.1 Å². The van der Waals surface area contributed by atoms with Crippen molar-refractivity contribution in [2.75, 3.05) is 22.2 Å². The van der Waals surface area contributed by atoms with E-state index in [2.05, 4.69) is 15.8 Å². The number of sulfonamides is 1. The molecule has 0 aromatic heterocycles. The zero-order valence-electron chi connectivity index (χ0n) is 14.9. The highest BCUT2D eigenvalue weighted by atomic mass is 32.2. The van der Waals surface area contributed by atoms with Gasteiger partial charge >= 0.3 is 0 Å². The van der Waals surface area contributed by atoms with Gasteiger partial charge in [-0.05, 0) is 48.4 Å². The quantitative estimate of drug-likeness (QED) is 0.662. The molecule has 10 heteroatoms. The molecule has 2 amide bonds. The van der Waals surface area contributed by atoms with Gasteiger partial charge in [-0.2, -0.15) is 5.10 Å². The zero-order valence-corrected chi connectivity index (χ0v) is 15.7. The van der Waals surface area contributed by atoms with Gasteiger partial charge in [0.25, 0.3) is 5.91 Å². The molecule has 2 aliphatic heterocycles. The van der Waals surface area contributed by atoms with E-state index < -0.39 is 10.0 Å². The van der Waals surface area contributed by atoms with Crippen LogP contribution in [0.5, 0.6) is 0 Å². The van der Waals surface area contributed by atoms with Gasteiger partial charge in [0, 0.05) is 24.7 Å². The smallest absolute Gasteiger partial charge is 0.276 e. The van der Waals surface area contributed by atoms with Crippen LogP contribution in [0.25, 0.3) is 0 Å². The van der Waals surface area contributed by atoms with E-state index in [9.17, 15) is 18.0 Å². The van der Waals surface area contributed by atoms with Crippen molar-refractivity contribution in [1.29, 1.82) is 0 Å². The number of nitrogens with two attached hydrogens (primary N) is 1. The van der Waals surface area contributed by atoms with Crippen molar-refractivity contribution in [3.63, 3.8) is 0 Å². The number of primary sulfonamides is 1. The zero-order chi connectivity index (χ0) is 20.1. The summed E-state index contributed by atoms with van der Waals surface area (Å²) in [7, 11) is -3.78. The molecule has 0 aliphatic carbocycles. The van der Waals surface area contributed by atoms with Crippen molar-refractivity contribution in [1.82, 2.24) is 0 Å². The number of hydrazone groups is 1. The summed E-state index contributed by atoms with van der Waals surface area (Å²) in [6, 6.07) is 9.35. The number of amides is 2. The Morgan fingerprint density at radius 1 is 1.25 bits per heavy atom. The average molecular weight is 399 g/mol. The van der Waals surface area contributed by atoms with E-state index in [-0.39, 0.29) is 22.4 Å². The summed E-state index contributed by atoms with van der Waals surface area (Å²) in [5, 5.41) is 12.0. The van der Waals surface area contributed by atoms with Crippen LogP contribution in [-0.4, -0.2) is 32.5 Å². The predicted octanol–water partition coefficient (Wildman–Crippen LogP) is 1.01. The predicted molar refractivity (Wildman–Crippen MR) is 105 cm³/mol. The number of hydrogen-bond donors (Lipinski definition) is 3. The molecule has 2 aliphatic rings. The minimum absolute atomic E-state index is 0.0189. The summed E-state index contributed by atoms with van der Waals surface area (Å²) >= 11 is 0. The first-order chi connectivity index (χ1) is 13.2. The molecule has 0 bridgehead atoms. The standard InChI is InChI=1S/C18H17N5O4S/c1-10(24)23-7-6-11-8-15-14(9-16(11)23)17(18(25)20-15)22-21-12-2-4-13(5-3-12)28(19,26)27/h2-5,8-9,21H,6-7H2,1H3,(H2,19,26,27)(H,20,22,25). The average Bonchev–Trinajstić information content (AvgIpc) is 3.17. The van der Waals surface area contributed by atoms with Gasteiger partial charge in [0.2, 0.25) is 15.9 Å². The minimum atomic E-state index is -3.78. The lowest BCUT2D eigenvalue weighted by Crippen LogP contribution is -2.25. The Kier molecular flexibility index (Phi) is 4.16. The van der Waals surface area contributed by atoms with Crippen molar-refractivity contribution in [3.05, 3.63) is 47.5 Å². The molecule has 0 unspecified atom stereocenters. The first-order valence-corrected chi connectivity index (χ1v) is 10.0. The molecular formula is C18H17N5O4S. The topological polar surface area (TPSA) is 134 Å². The number of nitrogens with one attached hydrogen (secondary N) is 2. The molecule has 0 saturated heterocycles. The summed E-state index contributed by atoms with van der Waals surface area (Å²) < 4.78 is 22.6. The Morgan fingerprint density at radius 2 is 1.96 bits per heavy atom. The highest BCUT2D eigenvalue weighted by Crippen LogP contribution is 2.36. The summed E-state index contributed by atoms with van der Waals surface area (Å²) in [5.41, 5.74) is 6.47. The molecule has 2 heterocycles. The number of carbonyl (C=O) groups is 2. The van der Waals surface area contributed by atoms with E-state index in [1.165, 1.54) is 31.2 Å². The van der Waals surface area contributed by atoms with Gasteiger partial charge < -0.3 is 10.2 Å². The van der Waals surface area contributed by atoms with E-state index in [0.717, 1.165) is 17.7 Å². The second-order valence-corrected chi connectivity index (χ2v) is 8.10. The molecule has 0 radical (unpaired) electrons. The largest absolute Gasteiger partial charge is 0.320 e. The third-order valence-electron chi connectivity index (χ3n) is 4.69. The van der Waals surface area contributed by atoms with E-state index in [4.69, 9.17) is 5.14 Å². The lowest BCUT2D eigenvalue weighted by atomic mass is 10.1. The van der Waals surface area contributed by atoms with Gasteiger partial charge in [-0.15, -0.1) is 0 Å². The van der Waals surface area contributed by atoms with Gasteiger partial charge in [0.15, 0.2) is 5.71 Å². The van der Waals surface area contributed by atoms with Crippen molar-refractivity contribution < 1.29 is 18.0 Å². The van der Waals surface area contributed by atoms with Crippen LogP contribution in [0.2, 0.25) is 0 Å². The first-order valence-electron chi connectivity index (χ1n) is 8.47. The fourth-order valence-electron chi connectivity index (χ4n) is 3.32. The van der Waals surface area contributed by atoms with Crippen LogP contribution in [0.15, 0.2) is 46.4 Å². The molecule has 0 fully saturated rings. The van der Waals surface area contributed by atoms with E-state index >= 15 is 0 Å². The maximum absolute atomic E-state index is 12.3. The molecule has 2 aromatic carbocycles. The molecule has 4 rings (SSSR count). The third-order valence-corrected chi connectivity index (χ3v) is 5.62. The monoisotopic (exact) mass is 399 g/mol. The van der Waals surface area contributed by atoms with E-state index in [0.29, 0.717) is 23.5 Å². The Labute approximate surface area is 161 Å². The summed E-state index contributed by atoms with van der Waals surface area (Å²) in [6.45, 7) is 2.12. The van der Waals surface area contributed by atoms with Crippen molar-refractivity contribution in [2.24, 2.45) is 10.2 Å². The van der Waals surface area contributed by atoms with Gasteiger partial charge in [0.1, 0.15) is 0 Å². The number of anilines is 3. The normalized spacial score (nSPS) is 16.7. The summed E-state index contributed by atoms with van der Waals surface area (Å²) in [4.78, 5) is 25.8. The molecule has 144 valence electrons. The molecular weight excluding hydrogens is 382 g/mol. The van der Waals surface area contributed by atoms with Gasteiger partial charge in [-0.3, -0.25) is 15.0 Å². The number of fused-ring (bicyclic) bond motifs is 2. The fraction of sp³-hybridized carbons (Fsp3) is 0.167. The highest BCUT2D eigenvalue weighted by Gasteiger charge is 2.31. The molecule has 2 aromatic rings. The number of hydrogen-bond acceptors (Lipinski definition) is 6.